The van der Waals surface area contributed by atoms with Crippen molar-refractivity contribution in [1.29, 1.82) is 0 Å². The monoisotopic (exact) mass is 300 g/mol. The summed E-state index contributed by atoms with van der Waals surface area (Å²) in [5.74, 6) is 0.603. The normalized spacial score (nSPS) is 12.0. The summed E-state index contributed by atoms with van der Waals surface area (Å²) in [6.45, 7) is 2.30. The first-order valence-electron chi connectivity index (χ1n) is 8.56. The summed E-state index contributed by atoms with van der Waals surface area (Å²) in [5.41, 5.74) is 5.62. The van der Waals surface area contributed by atoms with Crippen molar-refractivity contribution in [2.24, 2.45) is 0 Å². The molecule has 0 saturated heterocycles. The summed E-state index contributed by atoms with van der Waals surface area (Å²) in [7, 11) is 0. The van der Waals surface area contributed by atoms with Crippen molar-refractivity contribution in [2.75, 3.05) is 0 Å². The third kappa shape index (κ3) is 3.90. The van der Waals surface area contributed by atoms with E-state index in [9.17, 15) is 0 Å². The van der Waals surface area contributed by atoms with Crippen LogP contribution in [0.1, 0.15) is 36.8 Å². The molecule has 0 nitrogen and oxygen atoms in total. The maximum Gasteiger partial charge on any atom is -0.0149 e. The fourth-order valence-electron chi connectivity index (χ4n) is 3.30. The fourth-order valence-corrected chi connectivity index (χ4v) is 3.30. The van der Waals surface area contributed by atoms with Gasteiger partial charge in [-0.1, -0.05) is 91.9 Å². The van der Waals surface area contributed by atoms with Gasteiger partial charge in [0.15, 0.2) is 0 Å². The zero-order valence-electron chi connectivity index (χ0n) is 13.8. The highest BCUT2D eigenvalue weighted by Crippen LogP contribution is 2.33. The summed E-state index contributed by atoms with van der Waals surface area (Å²) in [6, 6.07) is 30.5. The molecule has 116 valence electrons. The molecule has 23 heavy (non-hydrogen) atoms. The second kappa shape index (κ2) is 7.78. The van der Waals surface area contributed by atoms with Crippen LogP contribution in [0.15, 0.2) is 84.9 Å². The third-order valence-corrected chi connectivity index (χ3v) is 4.60. The topological polar surface area (TPSA) is 0 Å². The number of rotatable bonds is 6. The highest BCUT2D eigenvalue weighted by Gasteiger charge is 2.14. The molecule has 0 heteroatoms. The van der Waals surface area contributed by atoms with Crippen LogP contribution >= 0.6 is 0 Å². The van der Waals surface area contributed by atoms with Gasteiger partial charge in [-0.25, -0.2) is 0 Å². The van der Waals surface area contributed by atoms with Gasteiger partial charge < -0.3 is 0 Å². The molecule has 0 aromatic heterocycles. The zero-order valence-corrected chi connectivity index (χ0v) is 13.8. The maximum atomic E-state index is 2.31. The van der Waals surface area contributed by atoms with Crippen LogP contribution in [0.25, 0.3) is 11.1 Å². The Morgan fingerprint density at radius 3 is 2.00 bits per heavy atom. The van der Waals surface area contributed by atoms with Crippen LogP contribution in [0.5, 0.6) is 0 Å². The summed E-state index contributed by atoms with van der Waals surface area (Å²) in [5, 5.41) is 0. The Labute approximate surface area is 139 Å². The average molecular weight is 300 g/mol. The van der Waals surface area contributed by atoms with Crippen molar-refractivity contribution in [3.05, 3.63) is 96.1 Å². The molecule has 3 aromatic rings. The van der Waals surface area contributed by atoms with Crippen molar-refractivity contribution >= 4 is 0 Å². The Morgan fingerprint density at radius 2 is 1.30 bits per heavy atom. The van der Waals surface area contributed by atoms with Gasteiger partial charge in [0.05, 0.1) is 0 Å². The van der Waals surface area contributed by atoms with Crippen LogP contribution in [0.4, 0.5) is 0 Å². The van der Waals surface area contributed by atoms with Gasteiger partial charge in [-0.3, -0.25) is 0 Å². The lowest BCUT2D eigenvalue weighted by atomic mass is 9.85. The van der Waals surface area contributed by atoms with E-state index in [1.807, 2.05) is 0 Å². The molecular formula is C23H24. The van der Waals surface area contributed by atoms with Crippen LogP contribution in [-0.4, -0.2) is 0 Å². The minimum absolute atomic E-state index is 0.603. The first-order chi connectivity index (χ1) is 11.4. The molecule has 0 N–H and O–H groups in total. The smallest absolute Gasteiger partial charge is 0.0149 e. The predicted octanol–water partition coefficient (Wildman–Crippen LogP) is 6.48. The van der Waals surface area contributed by atoms with E-state index in [1.54, 1.807) is 0 Å². The average Bonchev–Trinajstić information content (AvgIpc) is 2.64. The standard InChI is InChI=1S/C23H24/c1-2-20(18-17-19-11-5-3-6-12-19)22-15-9-10-16-23(22)21-13-7-4-8-14-21/h3-16,20H,2,17-18H2,1H3. The van der Waals surface area contributed by atoms with Crippen LogP contribution in [0.3, 0.4) is 0 Å². The molecule has 0 spiro atoms. The Bertz CT molecular complexity index is 713. The van der Waals surface area contributed by atoms with Gasteiger partial charge in [0, 0.05) is 0 Å². The second-order valence-corrected chi connectivity index (χ2v) is 6.08. The molecule has 3 rings (SSSR count). The Morgan fingerprint density at radius 1 is 0.696 bits per heavy atom. The van der Waals surface area contributed by atoms with Crippen LogP contribution in [0, 0.1) is 0 Å². The first-order valence-corrected chi connectivity index (χ1v) is 8.56. The van der Waals surface area contributed by atoms with Crippen LogP contribution in [-0.2, 0) is 6.42 Å². The minimum Gasteiger partial charge on any atom is -0.0648 e. The van der Waals surface area contributed by atoms with E-state index in [0.717, 1.165) is 6.42 Å². The van der Waals surface area contributed by atoms with Gasteiger partial charge >= 0.3 is 0 Å². The van der Waals surface area contributed by atoms with E-state index >= 15 is 0 Å². The summed E-state index contributed by atoms with van der Waals surface area (Å²) in [4.78, 5) is 0. The van der Waals surface area contributed by atoms with Crippen molar-refractivity contribution < 1.29 is 0 Å². The summed E-state index contributed by atoms with van der Waals surface area (Å²) < 4.78 is 0. The molecule has 0 aliphatic heterocycles. The van der Waals surface area contributed by atoms with Gasteiger partial charge in [-0.05, 0) is 47.4 Å². The van der Waals surface area contributed by atoms with Crippen molar-refractivity contribution in [1.82, 2.24) is 0 Å². The lowest BCUT2D eigenvalue weighted by Gasteiger charge is -2.19. The predicted molar refractivity (Wildman–Crippen MR) is 99.7 cm³/mol. The molecule has 0 saturated carbocycles. The molecule has 0 fully saturated rings. The lowest BCUT2D eigenvalue weighted by molar-refractivity contribution is 0.607. The molecule has 0 bridgehead atoms. The van der Waals surface area contributed by atoms with E-state index in [2.05, 4.69) is 91.9 Å². The van der Waals surface area contributed by atoms with Gasteiger partial charge in [0.25, 0.3) is 0 Å². The number of hydrogen-bond donors (Lipinski definition) is 0. The molecule has 0 heterocycles. The van der Waals surface area contributed by atoms with Gasteiger partial charge in [-0.2, -0.15) is 0 Å². The van der Waals surface area contributed by atoms with Crippen molar-refractivity contribution in [3.63, 3.8) is 0 Å². The fraction of sp³-hybridized carbons (Fsp3) is 0.217. The van der Waals surface area contributed by atoms with E-state index < -0.39 is 0 Å². The van der Waals surface area contributed by atoms with E-state index in [1.165, 1.54) is 35.1 Å². The van der Waals surface area contributed by atoms with Crippen LogP contribution < -0.4 is 0 Å². The quantitative estimate of drug-likeness (QED) is 0.488. The van der Waals surface area contributed by atoms with Crippen LogP contribution in [0.2, 0.25) is 0 Å². The van der Waals surface area contributed by atoms with Gasteiger partial charge in [-0.15, -0.1) is 0 Å². The van der Waals surface area contributed by atoms with E-state index in [-0.39, 0.29) is 0 Å². The molecule has 0 aliphatic carbocycles. The lowest BCUT2D eigenvalue weighted by Crippen LogP contribution is -2.02. The largest absolute Gasteiger partial charge is 0.0648 e. The molecular weight excluding hydrogens is 276 g/mol. The van der Waals surface area contributed by atoms with Gasteiger partial charge in [0.2, 0.25) is 0 Å². The van der Waals surface area contributed by atoms with E-state index in [4.69, 9.17) is 0 Å². The molecule has 0 aliphatic rings. The number of benzene rings is 3. The number of hydrogen-bond acceptors (Lipinski definition) is 0. The molecule has 1 atom stereocenters. The Hall–Kier alpha value is -2.34. The van der Waals surface area contributed by atoms with Gasteiger partial charge in [0.1, 0.15) is 0 Å². The highest BCUT2D eigenvalue weighted by atomic mass is 14.2. The third-order valence-electron chi connectivity index (χ3n) is 4.60. The van der Waals surface area contributed by atoms with E-state index in [0.29, 0.717) is 5.92 Å². The summed E-state index contributed by atoms with van der Waals surface area (Å²) >= 11 is 0. The summed E-state index contributed by atoms with van der Waals surface area (Å²) in [6.07, 6.45) is 3.52. The molecule has 3 aromatic carbocycles. The Kier molecular flexibility index (Phi) is 5.26. The first kappa shape index (κ1) is 15.6. The van der Waals surface area contributed by atoms with Crippen molar-refractivity contribution in [2.45, 2.75) is 32.1 Å². The second-order valence-electron chi connectivity index (χ2n) is 6.08. The number of aryl methyl sites for hydroxylation is 1. The zero-order chi connectivity index (χ0) is 15.9. The molecule has 1 unspecified atom stereocenters. The van der Waals surface area contributed by atoms with Crippen molar-refractivity contribution in [3.8, 4) is 11.1 Å². The molecule has 0 radical (unpaired) electrons. The maximum absolute atomic E-state index is 2.31. The SMILES string of the molecule is CCC(CCc1ccccc1)c1ccccc1-c1ccccc1. The molecule has 0 amide bonds. The Balaban J connectivity index is 1.84. The minimum atomic E-state index is 0.603. The highest BCUT2D eigenvalue weighted by molar-refractivity contribution is 5.68.